The van der Waals surface area contributed by atoms with Crippen LogP contribution < -0.4 is 4.74 Å². The van der Waals surface area contributed by atoms with Crippen molar-refractivity contribution in [2.75, 3.05) is 0 Å². The Morgan fingerprint density at radius 3 is 1.72 bits per heavy atom. The van der Waals surface area contributed by atoms with Gasteiger partial charge in [0.25, 0.3) is 0 Å². The molecule has 2 aromatic carbocycles. The molecule has 0 aliphatic heterocycles. The number of benzene rings is 2. The van der Waals surface area contributed by atoms with Gasteiger partial charge in [-0.15, -0.1) is 0 Å². The average molecular weight is 392 g/mol. The molecule has 9 nitrogen and oxygen atoms in total. The maximum atomic E-state index is 9.63. The Labute approximate surface area is 144 Å². The monoisotopic (exact) mass is 392 g/mol. The van der Waals surface area contributed by atoms with E-state index in [1.807, 2.05) is 38.1 Å². The van der Waals surface area contributed by atoms with Crippen LogP contribution in [0.2, 0.25) is 0 Å². The van der Waals surface area contributed by atoms with Crippen molar-refractivity contribution in [3.05, 3.63) is 53.6 Å². The van der Waals surface area contributed by atoms with Crippen molar-refractivity contribution in [3.63, 3.8) is 0 Å². The summed E-state index contributed by atoms with van der Waals surface area (Å²) in [5.74, 6) is 1.72. The van der Waals surface area contributed by atoms with Gasteiger partial charge in [0, 0.05) is 6.07 Å². The first-order valence-electron chi connectivity index (χ1n) is 6.73. The van der Waals surface area contributed by atoms with E-state index in [2.05, 4.69) is 4.31 Å². The molecule has 0 radical (unpaired) electrons. The van der Waals surface area contributed by atoms with Crippen molar-refractivity contribution in [3.8, 4) is 17.2 Å². The average Bonchev–Trinajstić information content (AvgIpc) is 2.40. The molecule has 0 amide bonds. The van der Waals surface area contributed by atoms with E-state index in [0.717, 1.165) is 16.9 Å². The van der Waals surface area contributed by atoms with Crippen molar-refractivity contribution in [1.82, 2.24) is 0 Å². The lowest BCUT2D eigenvalue weighted by atomic mass is 10.1. The third-order valence-electron chi connectivity index (χ3n) is 2.66. The van der Waals surface area contributed by atoms with Crippen LogP contribution in [0.3, 0.4) is 0 Å². The van der Waals surface area contributed by atoms with E-state index in [9.17, 15) is 14.2 Å². The summed E-state index contributed by atoms with van der Waals surface area (Å²) in [5, 5.41) is 9.35. The topological polar surface area (TPSA) is 154 Å². The number of aryl methyl sites for hydroxylation is 2. The fraction of sp³-hybridized carbons (Fsp3) is 0.143. The van der Waals surface area contributed by atoms with Gasteiger partial charge in [0.15, 0.2) is 0 Å². The van der Waals surface area contributed by atoms with Crippen LogP contribution in [0.25, 0.3) is 0 Å². The fourth-order valence-corrected chi connectivity index (χ4v) is 2.87. The van der Waals surface area contributed by atoms with Crippen LogP contribution in [0.5, 0.6) is 17.2 Å². The second kappa shape index (κ2) is 8.60. The van der Waals surface area contributed by atoms with E-state index in [4.69, 9.17) is 24.3 Å². The maximum absolute atomic E-state index is 9.63. The Kier molecular flexibility index (Phi) is 7.34. The lowest BCUT2D eigenvalue weighted by Crippen LogP contribution is -1.90. The molecule has 0 unspecified atom stereocenters. The number of phosphoric acid groups is 2. The highest BCUT2D eigenvalue weighted by Gasteiger charge is 2.27. The van der Waals surface area contributed by atoms with Crippen molar-refractivity contribution < 1.29 is 42.9 Å². The summed E-state index contributed by atoms with van der Waals surface area (Å²) in [6.45, 7) is 4.01. The van der Waals surface area contributed by atoms with Crippen LogP contribution in [0.1, 0.15) is 11.1 Å². The molecule has 0 atom stereocenters. The first-order chi connectivity index (χ1) is 11.4. The molecule has 0 aliphatic rings. The zero-order valence-electron chi connectivity index (χ0n) is 13.3. The van der Waals surface area contributed by atoms with Gasteiger partial charge >= 0.3 is 15.6 Å². The van der Waals surface area contributed by atoms with Crippen molar-refractivity contribution in [2.45, 2.75) is 13.8 Å². The van der Waals surface area contributed by atoms with E-state index in [-0.39, 0.29) is 5.75 Å². The zero-order chi connectivity index (χ0) is 19.3. The highest BCUT2D eigenvalue weighted by molar-refractivity contribution is 7.60. The lowest BCUT2D eigenvalue weighted by molar-refractivity contribution is 0.225. The van der Waals surface area contributed by atoms with Crippen LogP contribution in [0.15, 0.2) is 42.5 Å². The summed E-state index contributed by atoms with van der Waals surface area (Å²) >= 11 is 0. The van der Waals surface area contributed by atoms with Gasteiger partial charge in [0.2, 0.25) is 0 Å². The van der Waals surface area contributed by atoms with E-state index >= 15 is 0 Å². The second-order valence-corrected chi connectivity index (χ2v) is 7.50. The number of phenolic OH excluding ortho intramolecular Hbond substituents is 1. The minimum atomic E-state index is -5.05. The molecule has 138 valence electrons. The van der Waals surface area contributed by atoms with Crippen LogP contribution in [-0.2, 0) is 13.4 Å². The molecule has 0 fully saturated rings. The van der Waals surface area contributed by atoms with Gasteiger partial charge < -0.3 is 29.4 Å². The number of aromatic hydroxyl groups is 1. The second-order valence-electron chi connectivity index (χ2n) is 4.88. The Morgan fingerprint density at radius 1 is 0.840 bits per heavy atom. The van der Waals surface area contributed by atoms with Gasteiger partial charge in [0.1, 0.15) is 17.2 Å². The van der Waals surface area contributed by atoms with Gasteiger partial charge in [0.05, 0.1) is 0 Å². The normalized spacial score (nSPS) is 11.4. The first kappa shape index (κ1) is 21.3. The summed E-state index contributed by atoms with van der Waals surface area (Å²) in [6.07, 6.45) is 0. The van der Waals surface area contributed by atoms with E-state index in [1.165, 1.54) is 0 Å². The predicted octanol–water partition coefficient (Wildman–Crippen LogP) is 2.99. The number of rotatable bonds is 4. The van der Waals surface area contributed by atoms with E-state index in [1.54, 1.807) is 18.2 Å². The Morgan fingerprint density at radius 2 is 1.32 bits per heavy atom. The maximum Gasteiger partial charge on any atom is 0.478 e. The van der Waals surface area contributed by atoms with Gasteiger partial charge in [-0.3, -0.25) is 0 Å². The number of ether oxygens (including phenoxy) is 1. The van der Waals surface area contributed by atoms with Crippen LogP contribution in [0, 0.1) is 13.8 Å². The summed E-state index contributed by atoms with van der Waals surface area (Å²) in [6, 6.07) is 12.8. The first-order valence-corrected chi connectivity index (χ1v) is 9.79. The lowest BCUT2D eigenvalue weighted by Gasteiger charge is -2.11. The minimum Gasteiger partial charge on any atom is -0.508 e. The quantitative estimate of drug-likeness (QED) is 0.494. The standard InChI is InChI=1S/C14H14O2.H4O7P2/c1-10-5-3-6-11(2)14(10)16-13-8-4-7-12(15)9-13;1-8(2,3)7-9(4,5)6/h3-9,15H,1-2H3;(H2,1,2,3)(H2,4,5,6). The molecule has 0 saturated carbocycles. The largest absolute Gasteiger partial charge is 0.508 e. The fourth-order valence-electron chi connectivity index (χ4n) is 1.76. The van der Waals surface area contributed by atoms with E-state index < -0.39 is 15.6 Å². The molecule has 25 heavy (non-hydrogen) atoms. The van der Waals surface area contributed by atoms with Gasteiger partial charge in [-0.2, -0.15) is 4.31 Å². The van der Waals surface area contributed by atoms with E-state index in [0.29, 0.717) is 5.75 Å². The Bertz CT molecular complexity index is 769. The molecule has 2 aromatic rings. The van der Waals surface area contributed by atoms with Crippen LogP contribution >= 0.6 is 15.6 Å². The highest BCUT2D eigenvalue weighted by atomic mass is 31.3. The molecule has 0 aliphatic carbocycles. The number of hydrogen-bond donors (Lipinski definition) is 5. The highest BCUT2D eigenvalue weighted by Crippen LogP contribution is 2.53. The molecular weight excluding hydrogens is 374 g/mol. The number of hydrogen-bond acceptors (Lipinski definition) is 5. The van der Waals surface area contributed by atoms with Crippen LogP contribution in [0.4, 0.5) is 0 Å². The number of para-hydroxylation sites is 1. The molecular formula is C14H18O9P2. The molecule has 5 N–H and O–H groups in total. The third kappa shape index (κ3) is 8.81. The molecule has 0 spiro atoms. The van der Waals surface area contributed by atoms with Crippen molar-refractivity contribution >= 4 is 15.6 Å². The van der Waals surface area contributed by atoms with Crippen LogP contribution in [-0.4, -0.2) is 24.7 Å². The minimum absolute atomic E-state index is 0.212. The molecule has 0 heterocycles. The molecule has 11 heteroatoms. The summed E-state index contributed by atoms with van der Waals surface area (Å²) in [4.78, 5) is 31.0. The molecule has 2 rings (SSSR count). The molecule has 0 bridgehead atoms. The predicted molar refractivity (Wildman–Crippen MR) is 89.3 cm³/mol. The van der Waals surface area contributed by atoms with Gasteiger partial charge in [-0.1, -0.05) is 24.3 Å². The zero-order valence-corrected chi connectivity index (χ0v) is 15.1. The van der Waals surface area contributed by atoms with Gasteiger partial charge in [-0.25, -0.2) is 9.13 Å². The summed E-state index contributed by atoms with van der Waals surface area (Å²) in [7, 11) is -10.1. The van der Waals surface area contributed by atoms with Crippen molar-refractivity contribution in [2.24, 2.45) is 0 Å². The smallest absolute Gasteiger partial charge is 0.478 e. The third-order valence-corrected chi connectivity index (χ3v) is 4.36. The Hall–Kier alpha value is -1.70. The summed E-state index contributed by atoms with van der Waals surface area (Å²) < 4.78 is 28.0. The SMILES string of the molecule is Cc1cccc(C)c1Oc1cccc(O)c1.O=P(O)(O)OP(=O)(O)O. The van der Waals surface area contributed by atoms with Gasteiger partial charge in [-0.05, 0) is 37.1 Å². The number of phenols is 1. The Balaban J connectivity index is 0.000000299. The summed E-state index contributed by atoms with van der Waals surface area (Å²) in [5.41, 5.74) is 2.17. The molecule has 0 saturated heterocycles. The van der Waals surface area contributed by atoms with Crippen molar-refractivity contribution in [1.29, 1.82) is 0 Å². The molecule has 0 aromatic heterocycles.